The van der Waals surface area contributed by atoms with Gasteiger partial charge in [0.2, 0.25) is 5.91 Å². The molecule has 1 heterocycles. The van der Waals surface area contributed by atoms with Crippen molar-refractivity contribution in [2.75, 3.05) is 27.2 Å². The first-order valence-corrected chi connectivity index (χ1v) is 13.7. The quantitative estimate of drug-likeness (QED) is 0.306. The van der Waals surface area contributed by atoms with E-state index in [4.69, 9.17) is 4.74 Å². The van der Waals surface area contributed by atoms with Crippen molar-refractivity contribution in [1.29, 1.82) is 0 Å². The number of fused-ring (bicyclic) bond motifs is 1. The highest BCUT2D eigenvalue weighted by Gasteiger charge is 2.52. The zero-order chi connectivity index (χ0) is 26.4. The second kappa shape index (κ2) is 12.2. The second-order valence-electron chi connectivity index (χ2n) is 11.1. The fourth-order valence-corrected chi connectivity index (χ4v) is 6.48. The van der Waals surface area contributed by atoms with Gasteiger partial charge in [-0.05, 0) is 75.4 Å². The van der Waals surface area contributed by atoms with E-state index in [1.807, 2.05) is 30.1 Å². The lowest BCUT2D eigenvalue weighted by Crippen LogP contribution is -2.60. The summed E-state index contributed by atoms with van der Waals surface area (Å²) in [5.74, 6) is 0.419. The number of ether oxygens (including phenoxy) is 1. The summed E-state index contributed by atoms with van der Waals surface area (Å²) in [7, 11) is 4.01. The predicted molar refractivity (Wildman–Crippen MR) is 145 cm³/mol. The van der Waals surface area contributed by atoms with Crippen molar-refractivity contribution in [3.05, 3.63) is 65.7 Å². The van der Waals surface area contributed by atoms with Crippen LogP contribution in [0, 0.1) is 5.92 Å². The number of aryl methyl sites for hydroxylation is 1. The Morgan fingerprint density at radius 3 is 2.65 bits per heavy atom. The lowest BCUT2D eigenvalue weighted by atomic mass is 9.57. The molecule has 0 bridgehead atoms. The van der Waals surface area contributed by atoms with Crippen LogP contribution in [-0.4, -0.2) is 66.1 Å². The third kappa shape index (κ3) is 6.60. The van der Waals surface area contributed by atoms with E-state index in [0.717, 1.165) is 57.2 Å². The van der Waals surface area contributed by atoms with Gasteiger partial charge in [-0.15, -0.1) is 0 Å². The average Bonchev–Trinajstić information content (AvgIpc) is 2.88. The van der Waals surface area contributed by atoms with Gasteiger partial charge in [0.1, 0.15) is 5.75 Å². The van der Waals surface area contributed by atoms with Gasteiger partial charge in [0.15, 0.2) is 0 Å². The van der Waals surface area contributed by atoms with Gasteiger partial charge in [-0.25, -0.2) is 0 Å². The highest BCUT2D eigenvalue weighted by Crippen LogP contribution is 2.50. The van der Waals surface area contributed by atoms with Crippen molar-refractivity contribution < 1.29 is 19.4 Å². The molecule has 6 heteroatoms. The molecule has 2 fully saturated rings. The Kier molecular flexibility index (Phi) is 9.04. The number of amides is 1. The Morgan fingerprint density at radius 1 is 1.11 bits per heavy atom. The van der Waals surface area contributed by atoms with E-state index in [-0.39, 0.29) is 29.3 Å². The lowest BCUT2D eigenvalue weighted by molar-refractivity contribution is -0.136. The third-order valence-electron chi connectivity index (χ3n) is 8.55. The van der Waals surface area contributed by atoms with Crippen LogP contribution in [0.4, 0.5) is 0 Å². The van der Waals surface area contributed by atoms with Gasteiger partial charge in [0.05, 0.1) is 6.10 Å². The number of likely N-dealkylation sites (tertiary alicyclic amines) is 1. The summed E-state index contributed by atoms with van der Waals surface area (Å²) < 4.78 is 5.40. The SMILES string of the molecule is CC(=O)Oc1cccc([C@@]23CCN(C)C[C@H]2C(O)C[C@@H](N(C)C(=O)CCCCCc2ccccc2)C3)c1. The Bertz CT molecular complexity index is 1060. The molecule has 1 amide bonds. The van der Waals surface area contributed by atoms with Crippen LogP contribution in [0.2, 0.25) is 0 Å². The molecular formula is C31H42N2O4. The average molecular weight is 507 g/mol. The minimum absolute atomic E-state index is 0.0242. The molecule has 200 valence electrons. The van der Waals surface area contributed by atoms with Gasteiger partial charge in [-0.1, -0.05) is 48.9 Å². The van der Waals surface area contributed by atoms with Crippen LogP contribution in [-0.2, 0) is 21.4 Å². The maximum atomic E-state index is 13.2. The van der Waals surface area contributed by atoms with E-state index in [1.165, 1.54) is 12.5 Å². The number of carbonyl (C=O) groups excluding carboxylic acids is 2. The Balaban J connectivity index is 1.43. The number of esters is 1. The first-order valence-electron chi connectivity index (χ1n) is 13.7. The third-order valence-corrected chi connectivity index (χ3v) is 8.55. The first kappa shape index (κ1) is 27.3. The number of hydrogen-bond acceptors (Lipinski definition) is 5. The van der Waals surface area contributed by atoms with Gasteiger partial charge in [-0.2, -0.15) is 0 Å². The van der Waals surface area contributed by atoms with Crippen LogP contribution in [0.1, 0.15) is 63.0 Å². The summed E-state index contributed by atoms with van der Waals surface area (Å²) in [6, 6.07) is 18.2. The molecule has 2 aliphatic rings. The number of hydrogen-bond donors (Lipinski definition) is 1. The van der Waals surface area contributed by atoms with Crippen molar-refractivity contribution in [1.82, 2.24) is 9.80 Å². The topological polar surface area (TPSA) is 70.1 Å². The Hall–Kier alpha value is -2.70. The minimum Gasteiger partial charge on any atom is -0.427 e. The van der Waals surface area contributed by atoms with E-state index in [9.17, 15) is 14.7 Å². The zero-order valence-corrected chi connectivity index (χ0v) is 22.6. The fraction of sp³-hybridized carbons (Fsp3) is 0.548. The molecule has 1 unspecified atom stereocenters. The lowest BCUT2D eigenvalue weighted by Gasteiger charge is -2.55. The van der Waals surface area contributed by atoms with E-state index in [0.29, 0.717) is 18.6 Å². The number of benzene rings is 2. The molecule has 37 heavy (non-hydrogen) atoms. The van der Waals surface area contributed by atoms with Crippen LogP contribution in [0.3, 0.4) is 0 Å². The molecule has 1 aliphatic carbocycles. The number of aliphatic hydroxyl groups is 1. The molecule has 1 saturated heterocycles. The molecule has 1 N–H and O–H groups in total. The van der Waals surface area contributed by atoms with Crippen molar-refractivity contribution in [2.24, 2.45) is 5.92 Å². The van der Waals surface area contributed by atoms with Crippen molar-refractivity contribution in [2.45, 2.75) is 75.9 Å². The highest BCUT2D eigenvalue weighted by molar-refractivity contribution is 5.76. The van der Waals surface area contributed by atoms with Crippen LogP contribution in [0.25, 0.3) is 0 Å². The highest BCUT2D eigenvalue weighted by atomic mass is 16.5. The molecule has 4 atom stereocenters. The summed E-state index contributed by atoms with van der Waals surface area (Å²) in [6.07, 6.45) is 6.39. The van der Waals surface area contributed by atoms with Gasteiger partial charge in [-0.3, -0.25) is 9.59 Å². The molecule has 2 aromatic carbocycles. The Labute approximate surface area is 221 Å². The van der Waals surface area contributed by atoms with Crippen molar-refractivity contribution in [3.63, 3.8) is 0 Å². The molecule has 0 spiro atoms. The molecule has 2 aromatic rings. The van der Waals surface area contributed by atoms with Gasteiger partial charge < -0.3 is 19.6 Å². The first-order chi connectivity index (χ1) is 17.8. The maximum absolute atomic E-state index is 13.2. The zero-order valence-electron chi connectivity index (χ0n) is 22.6. The van der Waals surface area contributed by atoms with Gasteiger partial charge in [0.25, 0.3) is 0 Å². The smallest absolute Gasteiger partial charge is 0.308 e. The number of aliphatic hydroxyl groups excluding tert-OH is 1. The van der Waals surface area contributed by atoms with Crippen molar-refractivity contribution in [3.8, 4) is 5.75 Å². The van der Waals surface area contributed by atoms with Crippen LogP contribution >= 0.6 is 0 Å². The number of nitrogens with zero attached hydrogens (tertiary/aromatic N) is 2. The monoisotopic (exact) mass is 506 g/mol. The van der Waals surface area contributed by atoms with E-state index >= 15 is 0 Å². The number of piperidine rings is 1. The second-order valence-corrected chi connectivity index (χ2v) is 11.1. The molecule has 1 aliphatic heterocycles. The van der Waals surface area contributed by atoms with E-state index in [1.54, 1.807) is 6.07 Å². The summed E-state index contributed by atoms with van der Waals surface area (Å²) in [6.45, 7) is 3.14. The van der Waals surface area contributed by atoms with E-state index in [2.05, 4.69) is 42.3 Å². The van der Waals surface area contributed by atoms with Crippen LogP contribution in [0.5, 0.6) is 5.75 Å². The molecule has 1 saturated carbocycles. The largest absolute Gasteiger partial charge is 0.427 e. The van der Waals surface area contributed by atoms with Crippen LogP contribution < -0.4 is 4.74 Å². The van der Waals surface area contributed by atoms with Crippen LogP contribution in [0.15, 0.2) is 54.6 Å². The standard InChI is InChI=1S/C31H42N2O4/c1-23(34)37-27-15-10-14-25(19-27)31-17-18-32(2)22-28(31)29(35)20-26(21-31)33(3)30(36)16-9-5-8-13-24-11-6-4-7-12-24/h4,6-7,10-12,14-15,19,26,28-29,35H,5,8-9,13,16-18,20-22H2,1-3H3/t26-,28+,29?,31+/m1/s1. The van der Waals surface area contributed by atoms with Gasteiger partial charge >= 0.3 is 5.97 Å². The summed E-state index contributed by atoms with van der Waals surface area (Å²) >= 11 is 0. The molecule has 4 rings (SSSR count). The summed E-state index contributed by atoms with van der Waals surface area (Å²) in [4.78, 5) is 28.9. The maximum Gasteiger partial charge on any atom is 0.308 e. The molecule has 0 radical (unpaired) electrons. The number of carbonyl (C=O) groups is 2. The number of unbranched alkanes of at least 4 members (excludes halogenated alkanes) is 2. The van der Waals surface area contributed by atoms with E-state index < -0.39 is 6.10 Å². The summed E-state index contributed by atoms with van der Waals surface area (Å²) in [5, 5.41) is 11.4. The predicted octanol–water partition coefficient (Wildman–Crippen LogP) is 4.59. The Morgan fingerprint density at radius 2 is 1.89 bits per heavy atom. The molecule has 0 aromatic heterocycles. The van der Waals surface area contributed by atoms with Gasteiger partial charge in [0, 0.05) is 44.3 Å². The fourth-order valence-electron chi connectivity index (χ4n) is 6.48. The molecule has 6 nitrogen and oxygen atoms in total. The minimum atomic E-state index is -0.500. The molecular weight excluding hydrogens is 464 g/mol. The van der Waals surface area contributed by atoms with Crippen molar-refractivity contribution >= 4 is 11.9 Å². The number of rotatable bonds is 9. The summed E-state index contributed by atoms with van der Waals surface area (Å²) in [5.41, 5.74) is 2.17. The normalized spacial score (nSPS) is 25.8.